The zero-order valence-corrected chi connectivity index (χ0v) is 22.5. The molecule has 0 N–H and O–H groups in total. The first-order chi connectivity index (χ1) is 13.4. The highest BCUT2D eigenvalue weighted by atomic mass is 28.3. The number of rotatable bonds is 5. The molecular formula is C25H45NO3Si. The number of hydrogen-bond acceptors (Lipinski definition) is 3. The van der Waals surface area contributed by atoms with Gasteiger partial charge in [-0.15, -0.1) is 0 Å². The van der Waals surface area contributed by atoms with E-state index in [2.05, 4.69) is 33.5 Å². The lowest BCUT2D eigenvalue weighted by molar-refractivity contribution is -0.136. The van der Waals surface area contributed by atoms with Crippen LogP contribution in [-0.4, -0.2) is 36.9 Å². The monoisotopic (exact) mass is 435 g/mol. The predicted molar refractivity (Wildman–Crippen MR) is 127 cm³/mol. The first kappa shape index (κ1) is 25.2. The van der Waals surface area contributed by atoms with Crippen LogP contribution < -0.4 is 0 Å². The number of Topliss-reactive ketones (excluding diaryl/α,β-unsaturated/α-hetero) is 1. The molecule has 1 amide bonds. The maximum absolute atomic E-state index is 13.5. The zero-order valence-electron chi connectivity index (χ0n) is 21.5. The molecule has 0 heterocycles. The highest BCUT2D eigenvalue weighted by molar-refractivity contribution is 6.82. The summed E-state index contributed by atoms with van der Waals surface area (Å²) >= 11 is 0. The maximum atomic E-state index is 13.5. The van der Waals surface area contributed by atoms with Crippen molar-refractivity contribution in [1.29, 1.82) is 0 Å². The van der Waals surface area contributed by atoms with Crippen molar-refractivity contribution < 1.29 is 14.3 Å². The van der Waals surface area contributed by atoms with Crippen LogP contribution in [0.15, 0.2) is 11.0 Å². The van der Waals surface area contributed by atoms with Gasteiger partial charge >= 0.3 is 6.09 Å². The van der Waals surface area contributed by atoms with E-state index >= 15 is 0 Å². The SMILES string of the molecule is CC(C)N(C(=O)O/C(=C1\[C@@H](C(=O)C(C)(C)C)C[C@H]2C[C@@H]1C2(C)C)[Si](C)(C)C)C(C)C. The van der Waals surface area contributed by atoms with Gasteiger partial charge in [0.05, 0.1) is 5.38 Å². The fourth-order valence-electron chi connectivity index (χ4n) is 5.49. The van der Waals surface area contributed by atoms with Gasteiger partial charge in [0, 0.05) is 23.4 Å². The van der Waals surface area contributed by atoms with Gasteiger partial charge in [-0.3, -0.25) is 4.79 Å². The van der Waals surface area contributed by atoms with Gasteiger partial charge < -0.3 is 9.64 Å². The van der Waals surface area contributed by atoms with Gasteiger partial charge in [-0.05, 0) is 63.4 Å². The van der Waals surface area contributed by atoms with Crippen molar-refractivity contribution in [1.82, 2.24) is 4.90 Å². The van der Waals surface area contributed by atoms with Gasteiger partial charge in [0.1, 0.15) is 13.9 Å². The number of allylic oxidation sites excluding steroid dienone is 1. The lowest BCUT2D eigenvalue weighted by Crippen LogP contribution is -2.56. The lowest BCUT2D eigenvalue weighted by Gasteiger charge is -2.61. The Morgan fingerprint density at radius 2 is 1.53 bits per heavy atom. The molecular weight excluding hydrogens is 390 g/mol. The summed E-state index contributed by atoms with van der Waals surface area (Å²) in [5.41, 5.74) is 0.916. The van der Waals surface area contributed by atoms with Gasteiger partial charge in [-0.1, -0.05) is 54.3 Å². The van der Waals surface area contributed by atoms with E-state index in [4.69, 9.17) is 4.74 Å². The molecule has 0 aromatic carbocycles. The number of ketones is 1. The third-order valence-electron chi connectivity index (χ3n) is 7.25. The molecule has 4 nitrogen and oxygen atoms in total. The second-order valence-electron chi connectivity index (χ2n) is 12.7. The van der Waals surface area contributed by atoms with E-state index in [-0.39, 0.29) is 29.5 Å². The average Bonchev–Trinajstić information content (AvgIpc) is 2.55. The van der Waals surface area contributed by atoms with Crippen LogP contribution in [0.25, 0.3) is 0 Å². The maximum Gasteiger partial charge on any atom is 0.414 e. The summed E-state index contributed by atoms with van der Waals surface area (Å²) in [4.78, 5) is 28.6. The van der Waals surface area contributed by atoms with Crippen LogP contribution in [0.2, 0.25) is 19.6 Å². The molecule has 3 aliphatic rings. The largest absolute Gasteiger partial charge is 0.420 e. The molecule has 0 radical (unpaired) electrons. The van der Waals surface area contributed by atoms with E-state index in [1.54, 1.807) is 4.90 Å². The molecule has 3 rings (SSSR count). The topological polar surface area (TPSA) is 46.6 Å². The van der Waals surface area contributed by atoms with Crippen molar-refractivity contribution in [3.8, 4) is 0 Å². The third kappa shape index (κ3) is 4.56. The summed E-state index contributed by atoms with van der Waals surface area (Å²) in [5, 5.41) is 0.859. The molecule has 3 atom stereocenters. The number of ether oxygens (including phenoxy) is 1. The molecule has 0 aliphatic heterocycles. The normalized spacial score (nSPS) is 27.6. The Morgan fingerprint density at radius 3 is 1.90 bits per heavy atom. The molecule has 0 aromatic heterocycles. The van der Waals surface area contributed by atoms with Crippen LogP contribution in [0.3, 0.4) is 0 Å². The van der Waals surface area contributed by atoms with Gasteiger partial charge in [0.25, 0.3) is 0 Å². The van der Waals surface area contributed by atoms with Crippen LogP contribution in [0, 0.1) is 28.6 Å². The fourth-order valence-corrected chi connectivity index (χ4v) is 7.10. The summed E-state index contributed by atoms with van der Waals surface area (Å²) in [6, 6.07) is 0.126. The molecule has 3 fully saturated rings. The number of amides is 1. The Morgan fingerprint density at radius 1 is 1.03 bits per heavy atom. The highest BCUT2D eigenvalue weighted by Gasteiger charge is 2.59. The van der Waals surface area contributed by atoms with E-state index in [9.17, 15) is 9.59 Å². The van der Waals surface area contributed by atoms with Gasteiger partial charge in [-0.25, -0.2) is 4.79 Å². The van der Waals surface area contributed by atoms with E-state index in [0.717, 1.165) is 23.8 Å². The van der Waals surface area contributed by atoms with Crippen molar-refractivity contribution in [3.63, 3.8) is 0 Å². The number of carbonyl (C=O) groups is 2. The molecule has 0 unspecified atom stereocenters. The first-order valence-corrected chi connectivity index (χ1v) is 15.2. The van der Waals surface area contributed by atoms with Crippen LogP contribution in [-0.2, 0) is 9.53 Å². The van der Waals surface area contributed by atoms with E-state index in [0.29, 0.717) is 17.6 Å². The van der Waals surface area contributed by atoms with Gasteiger partial charge in [0.15, 0.2) is 0 Å². The number of nitrogens with zero attached hydrogens (tertiary/aromatic N) is 1. The van der Waals surface area contributed by atoms with E-state index < -0.39 is 13.5 Å². The Bertz CT molecular complexity index is 714. The summed E-state index contributed by atoms with van der Waals surface area (Å²) in [6.07, 6.45) is 1.73. The standard InChI is InChI=1S/C25H45NO3Si/c1-15(2)26(16(3)4)23(28)29-22(30(10,11)12)20-18(21(27)24(5,6)7)13-17-14-19(20)25(17,8)9/h15-19H,13-14H2,1-12H3/b22-20-/t17-,18-,19-/m0/s1. The second kappa shape index (κ2) is 8.11. The van der Waals surface area contributed by atoms with E-state index in [1.165, 1.54) is 0 Å². The number of carbonyl (C=O) groups excluding carboxylic acids is 2. The second-order valence-corrected chi connectivity index (χ2v) is 17.7. The van der Waals surface area contributed by atoms with Gasteiger partial charge in [-0.2, -0.15) is 0 Å². The minimum Gasteiger partial charge on any atom is -0.420 e. The summed E-state index contributed by atoms with van der Waals surface area (Å²) < 4.78 is 6.30. The molecule has 0 aromatic rings. The lowest BCUT2D eigenvalue weighted by atomic mass is 9.44. The quantitative estimate of drug-likeness (QED) is 0.358. The molecule has 5 heteroatoms. The Balaban J connectivity index is 2.61. The van der Waals surface area contributed by atoms with Crippen molar-refractivity contribution in [3.05, 3.63) is 11.0 Å². The molecule has 3 saturated carbocycles. The molecule has 3 aliphatic carbocycles. The highest BCUT2D eigenvalue weighted by Crippen LogP contribution is 2.64. The van der Waals surface area contributed by atoms with Crippen LogP contribution in [0.5, 0.6) is 0 Å². The molecule has 30 heavy (non-hydrogen) atoms. The molecule has 0 spiro atoms. The van der Waals surface area contributed by atoms with Crippen molar-refractivity contribution in [2.75, 3.05) is 0 Å². The van der Waals surface area contributed by atoms with Crippen molar-refractivity contribution >= 4 is 20.0 Å². The smallest absolute Gasteiger partial charge is 0.414 e. The van der Waals surface area contributed by atoms with Crippen LogP contribution >= 0.6 is 0 Å². The Hall–Kier alpha value is -1.10. The van der Waals surface area contributed by atoms with Crippen molar-refractivity contribution in [2.24, 2.45) is 28.6 Å². The summed E-state index contributed by atoms with van der Waals surface area (Å²) in [6.45, 7) is 25.5. The molecule has 2 bridgehead atoms. The van der Waals surface area contributed by atoms with Crippen molar-refractivity contribution in [2.45, 2.75) is 107 Å². The molecule has 0 saturated heterocycles. The Kier molecular flexibility index (Phi) is 6.80. The fraction of sp³-hybridized carbons (Fsp3) is 0.840. The predicted octanol–water partition coefficient (Wildman–Crippen LogP) is 6.67. The van der Waals surface area contributed by atoms with Crippen LogP contribution in [0.1, 0.15) is 75.2 Å². The average molecular weight is 436 g/mol. The van der Waals surface area contributed by atoms with Gasteiger partial charge in [0.2, 0.25) is 0 Å². The number of hydrogen-bond donors (Lipinski definition) is 0. The summed E-state index contributed by atoms with van der Waals surface area (Å²) in [5.74, 6) is 1.07. The van der Waals surface area contributed by atoms with E-state index in [1.807, 2.05) is 48.5 Å². The third-order valence-corrected chi connectivity index (χ3v) is 9.01. The minimum absolute atomic E-state index is 0.0632. The number of fused-ring (bicyclic) bond motifs is 2. The van der Waals surface area contributed by atoms with Crippen LogP contribution in [0.4, 0.5) is 4.79 Å². The zero-order chi connectivity index (χ0) is 23.4. The molecule has 172 valence electrons. The Labute approximate surface area is 185 Å². The minimum atomic E-state index is -2.02. The first-order valence-electron chi connectivity index (χ1n) is 11.7. The summed E-state index contributed by atoms with van der Waals surface area (Å²) in [7, 11) is -2.02.